The summed E-state index contributed by atoms with van der Waals surface area (Å²) in [6.45, 7) is 0. The van der Waals surface area contributed by atoms with Crippen LogP contribution in [0.15, 0.2) is 57.9 Å². The molecule has 100 valence electrons. The molecular formula is C15H13N3OS. The van der Waals surface area contributed by atoms with E-state index in [9.17, 15) is 0 Å². The highest BCUT2D eigenvalue weighted by atomic mass is 32.2. The van der Waals surface area contributed by atoms with Crippen molar-refractivity contribution in [2.45, 2.75) is 4.90 Å². The number of anilines is 1. The molecule has 1 heterocycles. The molecule has 5 heteroatoms. The third kappa shape index (κ3) is 2.40. The van der Waals surface area contributed by atoms with Gasteiger partial charge in [0.1, 0.15) is 0 Å². The molecule has 0 atom stereocenters. The van der Waals surface area contributed by atoms with Gasteiger partial charge in [-0.25, -0.2) is 0 Å². The minimum absolute atomic E-state index is 0.521. The van der Waals surface area contributed by atoms with Crippen molar-refractivity contribution in [2.24, 2.45) is 0 Å². The van der Waals surface area contributed by atoms with E-state index >= 15 is 0 Å². The first-order chi connectivity index (χ1) is 9.78. The van der Waals surface area contributed by atoms with Crippen LogP contribution in [0.3, 0.4) is 0 Å². The van der Waals surface area contributed by atoms with Crippen molar-refractivity contribution in [3.63, 3.8) is 0 Å². The van der Waals surface area contributed by atoms with Gasteiger partial charge < -0.3 is 10.3 Å². The Morgan fingerprint density at radius 2 is 1.95 bits per heavy atom. The van der Waals surface area contributed by atoms with Crippen LogP contribution in [-0.2, 0) is 0 Å². The number of rotatable bonds is 3. The predicted octanol–water partition coefficient (Wildman–Crippen LogP) is 3.71. The molecule has 0 unspecified atom stereocenters. The second-order valence-electron chi connectivity index (χ2n) is 4.25. The van der Waals surface area contributed by atoms with Crippen molar-refractivity contribution in [3.05, 3.63) is 48.5 Å². The molecule has 4 nitrogen and oxygen atoms in total. The Morgan fingerprint density at radius 1 is 1.10 bits per heavy atom. The highest BCUT2D eigenvalue weighted by Crippen LogP contribution is 2.30. The molecule has 2 N–H and O–H groups in total. The highest BCUT2D eigenvalue weighted by Gasteiger charge is 2.13. The smallest absolute Gasteiger partial charge is 0.259 e. The fraction of sp³-hybridized carbons (Fsp3) is 0.0667. The molecule has 0 bridgehead atoms. The van der Waals surface area contributed by atoms with Gasteiger partial charge >= 0.3 is 0 Å². The predicted molar refractivity (Wildman–Crippen MR) is 81.4 cm³/mol. The Kier molecular flexibility index (Phi) is 3.43. The molecule has 0 saturated carbocycles. The van der Waals surface area contributed by atoms with Gasteiger partial charge in [0.15, 0.2) is 0 Å². The quantitative estimate of drug-likeness (QED) is 0.586. The second kappa shape index (κ2) is 5.38. The Bertz CT molecular complexity index is 739. The van der Waals surface area contributed by atoms with E-state index in [4.69, 9.17) is 10.3 Å². The van der Waals surface area contributed by atoms with Gasteiger partial charge in [0.2, 0.25) is 5.82 Å². The van der Waals surface area contributed by atoms with Crippen LogP contribution < -0.4 is 5.73 Å². The number of nitrogen functional groups attached to an aromatic ring is 1. The van der Waals surface area contributed by atoms with E-state index < -0.39 is 0 Å². The Balaban J connectivity index is 2.02. The van der Waals surface area contributed by atoms with Crippen LogP contribution in [0.1, 0.15) is 0 Å². The van der Waals surface area contributed by atoms with Crippen LogP contribution in [0.2, 0.25) is 0 Å². The number of nitrogens with two attached hydrogens (primary N) is 1. The molecule has 3 aromatic rings. The van der Waals surface area contributed by atoms with Crippen LogP contribution in [0, 0.1) is 0 Å². The maximum absolute atomic E-state index is 5.77. The van der Waals surface area contributed by atoms with Gasteiger partial charge in [-0.05, 0) is 30.5 Å². The van der Waals surface area contributed by atoms with Crippen molar-refractivity contribution in [3.8, 4) is 22.8 Å². The van der Waals surface area contributed by atoms with Crippen molar-refractivity contribution in [1.82, 2.24) is 10.1 Å². The molecule has 0 radical (unpaired) electrons. The number of hydrogen-bond donors (Lipinski definition) is 1. The fourth-order valence-corrected chi connectivity index (χ4v) is 2.54. The average molecular weight is 283 g/mol. The van der Waals surface area contributed by atoms with Crippen LogP contribution in [0.25, 0.3) is 22.8 Å². The van der Waals surface area contributed by atoms with Crippen LogP contribution in [0.4, 0.5) is 5.69 Å². The summed E-state index contributed by atoms with van der Waals surface area (Å²) in [7, 11) is 0. The first-order valence-corrected chi connectivity index (χ1v) is 7.33. The molecule has 0 fully saturated rings. The molecule has 0 spiro atoms. The fourth-order valence-electron chi connectivity index (χ4n) is 1.95. The zero-order valence-electron chi connectivity index (χ0n) is 10.9. The largest absolute Gasteiger partial charge is 0.399 e. The minimum atomic E-state index is 0.521. The third-order valence-electron chi connectivity index (χ3n) is 2.91. The zero-order chi connectivity index (χ0) is 13.9. The van der Waals surface area contributed by atoms with E-state index in [0.29, 0.717) is 17.4 Å². The summed E-state index contributed by atoms with van der Waals surface area (Å²) in [5.41, 5.74) is 8.24. The van der Waals surface area contributed by atoms with Crippen molar-refractivity contribution in [1.29, 1.82) is 0 Å². The molecule has 20 heavy (non-hydrogen) atoms. The third-order valence-corrected chi connectivity index (χ3v) is 3.70. The van der Waals surface area contributed by atoms with Gasteiger partial charge in [-0.15, -0.1) is 11.8 Å². The maximum atomic E-state index is 5.77. The van der Waals surface area contributed by atoms with E-state index in [2.05, 4.69) is 10.1 Å². The number of aromatic nitrogens is 2. The number of benzene rings is 2. The van der Waals surface area contributed by atoms with E-state index in [1.165, 1.54) is 0 Å². The van der Waals surface area contributed by atoms with Crippen molar-refractivity contribution < 1.29 is 4.52 Å². The summed E-state index contributed by atoms with van der Waals surface area (Å²) in [6.07, 6.45) is 2.02. The number of hydrogen-bond acceptors (Lipinski definition) is 5. The van der Waals surface area contributed by atoms with Crippen LogP contribution >= 0.6 is 11.8 Å². The number of thioether (sulfide) groups is 1. The molecule has 1 aromatic heterocycles. The van der Waals surface area contributed by atoms with Crippen molar-refractivity contribution >= 4 is 17.4 Å². The average Bonchev–Trinajstić information content (AvgIpc) is 2.97. The van der Waals surface area contributed by atoms with Gasteiger partial charge in [-0.3, -0.25) is 0 Å². The Hall–Kier alpha value is -2.27. The van der Waals surface area contributed by atoms with Gasteiger partial charge in [0.25, 0.3) is 5.89 Å². The second-order valence-corrected chi connectivity index (χ2v) is 5.10. The summed E-state index contributed by atoms with van der Waals surface area (Å²) < 4.78 is 5.37. The van der Waals surface area contributed by atoms with Crippen LogP contribution in [-0.4, -0.2) is 16.4 Å². The topological polar surface area (TPSA) is 64.9 Å². The summed E-state index contributed by atoms with van der Waals surface area (Å²) in [5, 5.41) is 4.03. The molecule has 0 saturated heterocycles. The minimum Gasteiger partial charge on any atom is -0.399 e. The zero-order valence-corrected chi connectivity index (χ0v) is 11.7. The van der Waals surface area contributed by atoms with E-state index in [1.807, 2.05) is 54.8 Å². The maximum Gasteiger partial charge on any atom is 0.259 e. The lowest BCUT2D eigenvalue weighted by atomic mass is 10.2. The summed E-state index contributed by atoms with van der Waals surface area (Å²) in [4.78, 5) is 5.56. The first kappa shape index (κ1) is 12.7. The molecule has 3 rings (SSSR count). The molecule has 0 aliphatic carbocycles. The van der Waals surface area contributed by atoms with Gasteiger partial charge in [-0.1, -0.05) is 29.4 Å². The van der Waals surface area contributed by atoms with Gasteiger partial charge in [-0.2, -0.15) is 4.98 Å². The SMILES string of the molecule is CSc1ccccc1-c1nc(-c2cccc(N)c2)no1. The van der Waals surface area contributed by atoms with Gasteiger partial charge in [0.05, 0.1) is 5.56 Å². The van der Waals surface area contributed by atoms with E-state index in [0.717, 1.165) is 16.0 Å². The van der Waals surface area contributed by atoms with E-state index in [-0.39, 0.29) is 0 Å². The Labute approximate surface area is 121 Å². The first-order valence-electron chi connectivity index (χ1n) is 6.11. The lowest BCUT2D eigenvalue weighted by molar-refractivity contribution is 0.431. The normalized spacial score (nSPS) is 10.7. The summed E-state index contributed by atoms with van der Waals surface area (Å²) in [5.74, 6) is 1.07. The lowest BCUT2D eigenvalue weighted by Crippen LogP contribution is -1.86. The summed E-state index contributed by atoms with van der Waals surface area (Å²) >= 11 is 1.65. The summed E-state index contributed by atoms with van der Waals surface area (Å²) in [6, 6.07) is 15.4. The molecule has 0 amide bonds. The Morgan fingerprint density at radius 3 is 2.75 bits per heavy atom. The monoisotopic (exact) mass is 283 g/mol. The van der Waals surface area contributed by atoms with Gasteiger partial charge in [0, 0.05) is 16.1 Å². The lowest BCUT2D eigenvalue weighted by Gasteiger charge is -2.00. The van der Waals surface area contributed by atoms with Crippen molar-refractivity contribution in [2.75, 3.05) is 12.0 Å². The molecular weight excluding hydrogens is 270 g/mol. The highest BCUT2D eigenvalue weighted by molar-refractivity contribution is 7.98. The van der Waals surface area contributed by atoms with Crippen LogP contribution in [0.5, 0.6) is 0 Å². The van der Waals surface area contributed by atoms with E-state index in [1.54, 1.807) is 11.8 Å². The molecule has 0 aliphatic heterocycles. The molecule has 2 aromatic carbocycles. The molecule has 0 aliphatic rings. The number of nitrogens with zero attached hydrogens (tertiary/aromatic N) is 2. The standard InChI is InChI=1S/C15H13N3OS/c1-20-13-8-3-2-7-12(13)15-17-14(18-19-15)10-5-4-6-11(16)9-10/h2-9H,16H2,1H3.